The first-order valence-corrected chi connectivity index (χ1v) is 10.2. The monoisotopic (exact) mass is 415 g/mol. The lowest BCUT2D eigenvalue weighted by molar-refractivity contribution is 0.251. The van der Waals surface area contributed by atoms with Crippen molar-refractivity contribution in [2.45, 2.75) is 27.3 Å². The van der Waals surface area contributed by atoms with Crippen molar-refractivity contribution in [1.82, 2.24) is 10.2 Å². The third-order valence-electron chi connectivity index (χ3n) is 3.21. The Morgan fingerprint density at radius 3 is 2.92 bits per heavy atom. The molecule has 0 spiro atoms. The molecule has 0 radical (unpaired) electrons. The number of halogens is 2. The zero-order valence-corrected chi connectivity index (χ0v) is 16.1. The van der Waals surface area contributed by atoms with Crippen LogP contribution < -0.4 is 10.1 Å². The first kappa shape index (κ1) is 19.0. The number of rotatable bonds is 9. The Bertz CT molecular complexity index is 828. The van der Waals surface area contributed by atoms with Crippen LogP contribution in [-0.4, -0.2) is 23.1 Å². The minimum absolute atomic E-state index is 0.427. The first-order valence-electron chi connectivity index (χ1n) is 7.48. The molecule has 1 N–H and O–H groups in total. The summed E-state index contributed by atoms with van der Waals surface area (Å²) in [6.07, 6.45) is 1.62. The Labute approximate surface area is 161 Å². The molecular weight excluding hydrogens is 400 g/mol. The predicted molar refractivity (Wildman–Crippen MR) is 100 cm³/mol. The van der Waals surface area contributed by atoms with Gasteiger partial charge in [0, 0.05) is 5.75 Å². The molecule has 0 saturated carbocycles. The predicted octanol–water partition coefficient (Wildman–Crippen LogP) is 5.36. The van der Waals surface area contributed by atoms with E-state index in [4.69, 9.17) is 9.15 Å². The fraction of sp³-hybridized carbons (Fsp3) is 0.250. The van der Waals surface area contributed by atoms with Crippen molar-refractivity contribution in [3.8, 4) is 5.75 Å². The number of ether oxygens (including phenoxy) is 1. The number of hydrogen-bond acceptors (Lipinski definition) is 8. The summed E-state index contributed by atoms with van der Waals surface area (Å²) in [6, 6.07) is 8.96. The lowest BCUT2D eigenvalue weighted by Gasteiger charge is -2.09. The van der Waals surface area contributed by atoms with Crippen molar-refractivity contribution >= 4 is 40.0 Å². The number of nitrogens with zero attached hydrogens (tertiary/aromatic N) is 2. The normalized spacial score (nSPS) is 11.1. The number of methoxy groups -OCH3 is 1. The SMILES string of the molecule is COc1cc(CSc2nnc(NCc3ccco3)s2)ccc1SC(F)F. The zero-order chi connectivity index (χ0) is 18.4. The highest BCUT2D eigenvalue weighted by molar-refractivity contribution is 8.00. The number of anilines is 1. The van der Waals surface area contributed by atoms with Crippen LogP contribution in [-0.2, 0) is 12.3 Å². The molecule has 0 aliphatic carbocycles. The van der Waals surface area contributed by atoms with Gasteiger partial charge in [-0.3, -0.25) is 0 Å². The summed E-state index contributed by atoms with van der Waals surface area (Å²) in [5.74, 6) is -0.560. The highest BCUT2D eigenvalue weighted by atomic mass is 32.2. The molecule has 0 unspecified atom stereocenters. The smallest absolute Gasteiger partial charge is 0.289 e. The fourth-order valence-corrected chi connectivity index (χ4v) is 4.34. The molecule has 2 heterocycles. The Hall–Kier alpha value is -1.78. The van der Waals surface area contributed by atoms with E-state index < -0.39 is 5.76 Å². The molecule has 0 atom stereocenters. The van der Waals surface area contributed by atoms with Gasteiger partial charge in [-0.15, -0.1) is 10.2 Å². The minimum Gasteiger partial charge on any atom is -0.496 e. The van der Waals surface area contributed by atoms with Crippen LogP contribution in [0.1, 0.15) is 11.3 Å². The molecule has 2 aromatic heterocycles. The van der Waals surface area contributed by atoms with Crippen LogP contribution in [0.5, 0.6) is 5.75 Å². The standard InChI is InChI=1S/C16H15F2N3O2S3/c1-22-12-7-10(4-5-13(12)25-14(17)18)9-24-16-21-20-15(26-16)19-8-11-3-2-6-23-11/h2-7,14H,8-9H2,1H3,(H,19,20). The summed E-state index contributed by atoms with van der Waals surface area (Å²) in [7, 11) is 1.48. The van der Waals surface area contributed by atoms with Gasteiger partial charge in [0.15, 0.2) is 4.34 Å². The summed E-state index contributed by atoms with van der Waals surface area (Å²) in [5, 5.41) is 12.1. The second kappa shape index (κ2) is 9.24. The largest absolute Gasteiger partial charge is 0.496 e. The van der Waals surface area contributed by atoms with E-state index in [1.807, 2.05) is 18.2 Å². The van der Waals surface area contributed by atoms with Crippen molar-refractivity contribution in [1.29, 1.82) is 0 Å². The zero-order valence-electron chi connectivity index (χ0n) is 13.6. The van der Waals surface area contributed by atoms with Crippen LogP contribution in [0.4, 0.5) is 13.9 Å². The summed E-state index contributed by atoms with van der Waals surface area (Å²) in [5.41, 5.74) is 0.964. The Morgan fingerprint density at radius 2 is 2.19 bits per heavy atom. The highest BCUT2D eigenvalue weighted by Crippen LogP contribution is 2.36. The second-order valence-electron chi connectivity index (χ2n) is 4.96. The van der Waals surface area contributed by atoms with Crippen molar-refractivity contribution < 1.29 is 17.9 Å². The number of furan rings is 1. The van der Waals surface area contributed by atoms with Crippen LogP contribution >= 0.6 is 34.9 Å². The van der Waals surface area contributed by atoms with Gasteiger partial charge in [0.2, 0.25) is 5.13 Å². The number of hydrogen-bond donors (Lipinski definition) is 1. The van der Waals surface area contributed by atoms with Crippen LogP contribution in [0.3, 0.4) is 0 Å². The molecule has 0 bridgehead atoms. The number of nitrogens with one attached hydrogen (secondary N) is 1. The van der Waals surface area contributed by atoms with E-state index in [0.717, 1.165) is 15.7 Å². The maximum absolute atomic E-state index is 12.5. The molecule has 3 rings (SSSR count). The van der Waals surface area contributed by atoms with Crippen molar-refractivity contribution in [2.24, 2.45) is 0 Å². The van der Waals surface area contributed by atoms with E-state index >= 15 is 0 Å². The maximum Gasteiger partial charge on any atom is 0.289 e. The lowest BCUT2D eigenvalue weighted by atomic mass is 10.2. The van der Waals surface area contributed by atoms with Crippen LogP contribution in [0.25, 0.3) is 0 Å². The summed E-state index contributed by atoms with van der Waals surface area (Å²) < 4.78 is 36.3. The van der Waals surface area contributed by atoms with E-state index in [9.17, 15) is 8.78 Å². The fourth-order valence-electron chi connectivity index (χ4n) is 2.06. The van der Waals surface area contributed by atoms with E-state index in [2.05, 4.69) is 15.5 Å². The molecule has 3 aromatic rings. The van der Waals surface area contributed by atoms with Gasteiger partial charge in [-0.2, -0.15) is 8.78 Å². The van der Waals surface area contributed by atoms with Gasteiger partial charge in [0.05, 0.1) is 24.8 Å². The maximum atomic E-state index is 12.5. The van der Waals surface area contributed by atoms with E-state index in [1.54, 1.807) is 18.4 Å². The molecular formula is C16H15F2N3O2S3. The number of benzene rings is 1. The van der Waals surface area contributed by atoms with Crippen LogP contribution in [0.2, 0.25) is 0 Å². The topological polar surface area (TPSA) is 60.2 Å². The summed E-state index contributed by atoms with van der Waals surface area (Å²) >= 11 is 3.46. The molecule has 26 heavy (non-hydrogen) atoms. The Kier molecular flexibility index (Phi) is 6.75. The van der Waals surface area contributed by atoms with Crippen molar-refractivity contribution in [3.05, 3.63) is 47.9 Å². The van der Waals surface area contributed by atoms with Gasteiger partial charge in [0.25, 0.3) is 5.76 Å². The van der Waals surface area contributed by atoms with Gasteiger partial charge in [0.1, 0.15) is 11.5 Å². The molecule has 0 aliphatic heterocycles. The molecule has 0 fully saturated rings. The van der Waals surface area contributed by atoms with E-state index in [-0.39, 0.29) is 0 Å². The second-order valence-corrected chi connectivity index (χ2v) is 8.19. The third-order valence-corrected chi connectivity index (χ3v) is 6.06. The number of alkyl halides is 2. The molecule has 1 aromatic carbocycles. The van der Waals surface area contributed by atoms with E-state index in [0.29, 0.717) is 39.8 Å². The molecule has 138 valence electrons. The van der Waals surface area contributed by atoms with Crippen LogP contribution in [0, 0.1) is 0 Å². The third kappa shape index (κ3) is 5.36. The Morgan fingerprint density at radius 1 is 1.31 bits per heavy atom. The van der Waals surface area contributed by atoms with Gasteiger partial charge < -0.3 is 14.5 Å². The molecule has 5 nitrogen and oxygen atoms in total. The first-order chi connectivity index (χ1) is 12.6. The molecule has 0 amide bonds. The highest BCUT2D eigenvalue weighted by Gasteiger charge is 2.12. The lowest BCUT2D eigenvalue weighted by Crippen LogP contribution is -1.96. The van der Waals surface area contributed by atoms with Gasteiger partial charge in [-0.25, -0.2) is 0 Å². The average molecular weight is 416 g/mol. The van der Waals surface area contributed by atoms with E-state index in [1.165, 1.54) is 30.2 Å². The number of thioether (sulfide) groups is 2. The average Bonchev–Trinajstić information content (AvgIpc) is 3.30. The molecule has 10 heteroatoms. The van der Waals surface area contributed by atoms with Gasteiger partial charge in [-0.05, 0) is 29.8 Å². The van der Waals surface area contributed by atoms with Crippen LogP contribution in [0.15, 0.2) is 50.2 Å². The van der Waals surface area contributed by atoms with Crippen molar-refractivity contribution in [3.63, 3.8) is 0 Å². The number of aromatic nitrogens is 2. The quantitative estimate of drug-likeness (QED) is 0.472. The summed E-state index contributed by atoms with van der Waals surface area (Å²) in [4.78, 5) is 0.427. The van der Waals surface area contributed by atoms with Gasteiger partial charge in [-0.1, -0.05) is 40.9 Å². The minimum atomic E-state index is -2.47. The Balaban J connectivity index is 1.55. The molecule has 0 saturated heterocycles. The molecule has 0 aliphatic rings. The van der Waals surface area contributed by atoms with Gasteiger partial charge >= 0.3 is 0 Å². The van der Waals surface area contributed by atoms with Crippen molar-refractivity contribution in [2.75, 3.05) is 12.4 Å². The summed E-state index contributed by atoms with van der Waals surface area (Å²) in [6.45, 7) is 0.548.